The summed E-state index contributed by atoms with van der Waals surface area (Å²) >= 11 is 0. The van der Waals surface area contributed by atoms with Crippen molar-refractivity contribution in [2.45, 2.75) is 52.0 Å². The molecule has 0 aromatic heterocycles. The van der Waals surface area contributed by atoms with Crippen LogP contribution in [0.2, 0.25) is 0 Å². The molecule has 4 aliphatic carbocycles. The van der Waals surface area contributed by atoms with Crippen LogP contribution in [0.1, 0.15) is 46.0 Å². The van der Waals surface area contributed by atoms with Crippen molar-refractivity contribution in [3.63, 3.8) is 0 Å². The lowest BCUT2D eigenvalue weighted by atomic mass is 9.43. The quantitative estimate of drug-likeness (QED) is 0.607. The Hall–Kier alpha value is -0.0400. The lowest BCUT2D eigenvalue weighted by Crippen LogP contribution is -2.61. The maximum Gasteiger partial charge on any atom is 0.0122 e. The van der Waals surface area contributed by atoms with E-state index in [1.54, 1.807) is 0 Å². The van der Waals surface area contributed by atoms with Gasteiger partial charge in [0.2, 0.25) is 0 Å². The smallest absolute Gasteiger partial charge is 0.0122 e. The van der Waals surface area contributed by atoms with Crippen LogP contribution in [-0.4, -0.2) is 6.04 Å². The SMILES string of the molecule is CC12CC3CC(C1)C(N)C(C)(C3)C2. The molecule has 0 amide bonds. The third-order valence-corrected chi connectivity index (χ3v) is 5.07. The molecule has 74 valence electrons. The standard InChI is InChI=1S/C12H21N/c1-11-4-8-3-9(6-11)10(13)12(2,5-8)7-11/h8-10H,3-7,13H2,1-2H3. The molecule has 2 N–H and O–H groups in total. The summed E-state index contributed by atoms with van der Waals surface area (Å²) in [5, 5.41) is 0. The Morgan fingerprint density at radius 1 is 1.15 bits per heavy atom. The number of rotatable bonds is 0. The highest BCUT2D eigenvalue weighted by Gasteiger charge is 2.57. The van der Waals surface area contributed by atoms with Crippen LogP contribution in [0.5, 0.6) is 0 Å². The summed E-state index contributed by atoms with van der Waals surface area (Å²) in [5.41, 5.74) is 7.52. The van der Waals surface area contributed by atoms with Crippen LogP contribution in [0.15, 0.2) is 0 Å². The maximum atomic E-state index is 6.36. The van der Waals surface area contributed by atoms with Crippen molar-refractivity contribution in [1.29, 1.82) is 0 Å². The molecule has 1 heteroatoms. The van der Waals surface area contributed by atoms with E-state index in [0.717, 1.165) is 11.8 Å². The minimum Gasteiger partial charge on any atom is -0.327 e. The monoisotopic (exact) mass is 179 g/mol. The van der Waals surface area contributed by atoms with Crippen molar-refractivity contribution in [2.24, 2.45) is 28.4 Å². The summed E-state index contributed by atoms with van der Waals surface area (Å²) in [6.07, 6.45) is 7.16. The summed E-state index contributed by atoms with van der Waals surface area (Å²) < 4.78 is 0. The third-order valence-electron chi connectivity index (χ3n) is 5.07. The molecule has 5 atom stereocenters. The Morgan fingerprint density at radius 2 is 1.92 bits per heavy atom. The fraction of sp³-hybridized carbons (Fsp3) is 1.00. The molecular formula is C12H21N. The first kappa shape index (κ1) is 8.28. The fourth-order valence-corrected chi connectivity index (χ4v) is 5.11. The number of hydrogen-bond acceptors (Lipinski definition) is 1. The van der Waals surface area contributed by atoms with Crippen LogP contribution < -0.4 is 5.73 Å². The molecule has 0 aromatic rings. The van der Waals surface area contributed by atoms with Gasteiger partial charge in [0.25, 0.3) is 0 Å². The van der Waals surface area contributed by atoms with Crippen molar-refractivity contribution in [3.05, 3.63) is 0 Å². The van der Waals surface area contributed by atoms with E-state index in [1.807, 2.05) is 0 Å². The van der Waals surface area contributed by atoms with E-state index < -0.39 is 0 Å². The first-order valence-corrected chi connectivity index (χ1v) is 5.76. The van der Waals surface area contributed by atoms with Gasteiger partial charge in [-0.25, -0.2) is 0 Å². The van der Waals surface area contributed by atoms with Gasteiger partial charge in [-0.15, -0.1) is 0 Å². The Bertz CT molecular complexity index is 250. The zero-order valence-electron chi connectivity index (χ0n) is 8.84. The fourth-order valence-electron chi connectivity index (χ4n) is 5.11. The highest BCUT2D eigenvalue weighted by Crippen LogP contribution is 2.64. The minimum atomic E-state index is 0.499. The van der Waals surface area contributed by atoms with Crippen molar-refractivity contribution >= 4 is 0 Å². The van der Waals surface area contributed by atoms with E-state index in [-0.39, 0.29) is 0 Å². The highest BCUT2D eigenvalue weighted by molar-refractivity contribution is 5.10. The lowest BCUT2D eigenvalue weighted by molar-refractivity contribution is -0.108. The highest BCUT2D eigenvalue weighted by atomic mass is 14.8. The molecule has 0 radical (unpaired) electrons. The van der Waals surface area contributed by atoms with Crippen molar-refractivity contribution < 1.29 is 0 Å². The predicted octanol–water partition coefficient (Wildman–Crippen LogP) is 2.55. The van der Waals surface area contributed by atoms with Crippen LogP contribution in [-0.2, 0) is 0 Å². The molecular weight excluding hydrogens is 158 g/mol. The van der Waals surface area contributed by atoms with Gasteiger partial charge >= 0.3 is 0 Å². The molecule has 4 fully saturated rings. The Labute approximate surface area is 81.1 Å². The summed E-state index contributed by atoms with van der Waals surface area (Å²) in [5.74, 6) is 1.87. The van der Waals surface area contributed by atoms with Crippen LogP contribution in [0.25, 0.3) is 0 Å². The van der Waals surface area contributed by atoms with Gasteiger partial charge in [-0.3, -0.25) is 0 Å². The third kappa shape index (κ3) is 0.971. The van der Waals surface area contributed by atoms with Crippen molar-refractivity contribution in [3.8, 4) is 0 Å². The van der Waals surface area contributed by atoms with Gasteiger partial charge in [0, 0.05) is 6.04 Å². The van der Waals surface area contributed by atoms with Gasteiger partial charge in [-0.2, -0.15) is 0 Å². The lowest BCUT2D eigenvalue weighted by Gasteiger charge is -2.63. The van der Waals surface area contributed by atoms with E-state index >= 15 is 0 Å². The summed E-state index contributed by atoms with van der Waals surface area (Å²) in [6, 6.07) is 0.511. The molecule has 0 saturated heterocycles. The van der Waals surface area contributed by atoms with Gasteiger partial charge < -0.3 is 5.73 Å². The summed E-state index contributed by atoms with van der Waals surface area (Å²) in [4.78, 5) is 0. The average Bonchev–Trinajstić information content (AvgIpc) is 1.96. The van der Waals surface area contributed by atoms with Crippen LogP contribution in [0.4, 0.5) is 0 Å². The summed E-state index contributed by atoms with van der Waals surface area (Å²) in [7, 11) is 0. The first-order chi connectivity index (χ1) is 6.01. The van der Waals surface area contributed by atoms with Gasteiger partial charge in [0.1, 0.15) is 0 Å². The van der Waals surface area contributed by atoms with Crippen molar-refractivity contribution in [1.82, 2.24) is 0 Å². The van der Waals surface area contributed by atoms with E-state index in [1.165, 1.54) is 32.1 Å². The van der Waals surface area contributed by atoms with Gasteiger partial charge in [0.05, 0.1) is 0 Å². The number of nitrogens with two attached hydrogens (primary N) is 1. The van der Waals surface area contributed by atoms with E-state index in [2.05, 4.69) is 13.8 Å². The largest absolute Gasteiger partial charge is 0.327 e. The molecule has 1 nitrogen and oxygen atoms in total. The van der Waals surface area contributed by atoms with Gasteiger partial charge in [-0.1, -0.05) is 13.8 Å². The normalized spacial score (nSPS) is 64.4. The molecule has 0 aliphatic heterocycles. The van der Waals surface area contributed by atoms with E-state index in [9.17, 15) is 0 Å². The van der Waals surface area contributed by atoms with Crippen LogP contribution >= 0.6 is 0 Å². The molecule has 4 rings (SSSR count). The Balaban J connectivity index is 2.01. The average molecular weight is 179 g/mol. The molecule has 0 spiro atoms. The van der Waals surface area contributed by atoms with Crippen LogP contribution in [0, 0.1) is 22.7 Å². The molecule has 5 unspecified atom stereocenters. The predicted molar refractivity (Wildman–Crippen MR) is 54.3 cm³/mol. The molecule has 13 heavy (non-hydrogen) atoms. The molecule has 4 bridgehead atoms. The zero-order valence-corrected chi connectivity index (χ0v) is 8.84. The minimum absolute atomic E-state index is 0.499. The first-order valence-electron chi connectivity index (χ1n) is 5.76. The molecule has 4 saturated carbocycles. The van der Waals surface area contributed by atoms with E-state index in [4.69, 9.17) is 5.73 Å². The second-order valence-electron chi connectivity index (χ2n) is 6.64. The van der Waals surface area contributed by atoms with Crippen LogP contribution in [0.3, 0.4) is 0 Å². The van der Waals surface area contributed by atoms with Gasteiger partial charge in [0.15, 0.2) is 0 Å². The van der Waals surface area contributed by atoms with E-state index in [0.29, 0.717) is 16.9 Å². The molecule has 4 aliphatic rings. The Kier molecular flexibility index (Phi) is 1.36. The number of hydrogen-bond donors (Lipinski definition) is 1. The second-order valence-corrected chi connectivity index (χ2v) is 6.64. The molecule has 0 aromatic carbocycles. The second kappa shape index (κ2) is 2.13. The topological polar surface area (TPSA) is 26.0 Å². The van der Waals surface area contributed by atoms with Gasteiger partial charge in [-0.05, 0) is 54.8 Å². The Morgan fingerprint density at radius 3 is 2.54 bits per heavy atom. The maximum absolute atomic E-state index is 6.36. The summed E-state index contributed by atoms with van der Waals surface area (Å²) in [6.45, 7) is 4.93. The zero-order chi connectivity index (χ0) is 9.27. The molecule has 0 heterocycles. The van der Waals surface area contributed by atoms with Crippen molar-refractivity contribution in [2.75, 3.05) is 0 Å².